The standard InChI is InChI=1S/C38H64O4/c1-3-5-7-9-11-13-14-15-16-17-18-19-20-21-22-24-26-28-30-35-38(41)42-36(33-31-34-37(39)40)32-29-27-25-23-12-10-8-6-4-2/h5,7,11,13,15-16,18-19,21-22,36H,3-4,6,8-10,12,14,17,20,23-35H2,1-2H3,(H,39,40)/b7-5-,13-11-,16-15-,19-18-,22-21-. The average Bonchev–Trinajstić information content (AvgIpc) is 2.97. The van der Waals surface area contributed by atoms with Gasteiger partial charge in [-0.05, 0) is 77.0 Å². The second-order valence-electron chi connectivity index (χ2n) is 11.3. The predicted molar refractivity (Wildman–Crippen MR) is 181 cm³/mol. The van der Waals surface area contributed by atoms with E-state index in [2.05, 4.69) is 74.6 Å². The van der Waals surface area contributed by atoms with E-state index in [1.54, 1.807) is 0 Å². The minimum Gasteiger partial charge on any atom is -0.481 e. The summed E-state index contributed by atoms with van der Waals surface area (Å²) in [6.07, 6.45) is 45.1. The molecule has 0 rings (SSSR count). The van der Waals surface area contributed by atoms with Crippen molar-refractivity contribution < 1.29 is 19.4 Å². The number of carboxylic acid groups (broad SMARTS) is 1. The zero-order valence-corrected chi connectivity index (χ0v) is 27.3. The van der Waals surface area contributed by atoms with Crippen molar-refractivity contribution >= 4 is 11.9 Å². The van der Waals surface area contributed by atoms with E-state index in [9.17, 15) is 9.59 Å². The minimum absolute atomic E-state index is 0.124. The molecule has 0 aliphatic carbocycles. The van der Waals surface area contributed by atoms with E-state index < -0.39 is 5.97 Å². The van der Waals surface area contributed by atoms with Crippen LogP contribution in [0.2, 0.25) is 0 Å². The van der Waals surface area contributed by atoms with Gasteiger partial charge in [0, 0.05) is 12.8 Å². The van der Waals surface area contributed by atoms with Crippen LogP contribution >= 0.6 is 0 Å². The summed E-state index contributed by atoms with van der Waals surface area (Å²) in [5, 5.41) is 8.96. The number of aliphatic carboxylic acids is 1. The first kappa shape index (κ1) is 39.6. The van der Waals surface area contributed by atoms with E-state index in [-0.39, 0.29) is 18.5 Å². The highest BCUT2D eigenvalue weighted by molar-refractivity contribution is 5.69. The first-order valence-electron chi connectivity index (χ1n) is 17.3. The van der Waals surface area contributed by atoms with Gasteiger partial charge in [0.05, 0.1) is 0 Å². The molecule has 0 saturated carbocycles. The summed E-state index contributed by atoms with van der Waals surface area (Å²) >= 11 is 0. The molecule has 0 aliphatic rings. The van der Waals surface area contributed by atoms with Crippen molar-refractivity contribution in [3.05, 3.63) is 60.8 Å². The smallest absolute Gasteiger partial charge is 0.306 e. The second kappa shape index (κ2) is 33.1. The summed E-state index contributed by atoms with van der Waals surface area (Å²) in [6, 6.07) is 0. The second-order valence-corrected chi connectivity index (χ2v) is 11.3. The molecule has 0 radical (unpaired) electrons. The Morgan fingerprint density at radius 3 is 1.57 bits per heavy atom. The van der Waals surface area contributed by atoms with Crippen molar-refractivity contribution in [2.24, 2.45) is 0 Å². The van der Waals surface area contributed by atoms with Crippen LogP contribution in [0.25, 0.3) is 0 Å². The molecule has 0 bridgehead atoms. The number of allylic oxidation sites excluding steroid dienone is 10. The van der Waals surface area contributed by atoms with E-state index in [4.69, 9.17) is 9.84 Å². The van der Waals surface area contributed by atoms with Crippen molar-refractivity contribution in [3.8, 4) is 0 Å². The lowest BCUT2D eigenvalue weighted by Gasteiger charge is -2.18. The molecule has 1 atom stereocenters. The molecule has 4 heteroatoms. The summed E-state index contributed by atoms with van der Waals surface area (Å²) in [4.78, 5) is 23.3. The molecule has 0 aliphatic heterocycles. The van der Waals surface area contributed by atoms with Crippen molar-refractivity contribution in [1.29, 1.82) is 0 Å². The van der Waals surface area contributed by atoms with Gasteiger partial charge in [0.25, 0.3) is 0 Å². The number of hydrogen-bond acceptors (Lipinski definition) is 3. The van der Waals surface area contributed by atoms with Crippen LogP contribution in [0.4, 0.5) is 0 Å². The molecule has 1 N–H and O–H groups in total. The van der Waals surface area contributed by atoms with Gasteiger partial charge in [-0.1, -0.05) is 132 Å². The molecule has 240 valence electrons. The van der Waals surface area contributed by atoms with E-state index in [1.807, 2.05) is 0 Å². The Labute approximate surface area is 259 Å². The minimum atomic E-state index is -0.782. The summed E-state index contributed by atoms with van der Waals surface area (Å²) < 4.78 is 5.78. The number of carbonyl (C=O) groups excluding carboxylic acids is 1. The molecule has 0 amide bonds. The zero-order valence-electron chi connectivity index (χ0n) is 27.3. The van der Waals surface area contributed by atoms with Gasteiger partial charge in [-0.2, -0.15) is 0 Å². The summed E-state index contributed by atoms with van der Waals surface area (Å²) in [5.74, 6) is -0.906. The SMILES string of the molecule is CC/C=C\C/C=C\C/C=C\C/C=C\C/C=C\CCCCCC(=O)OC(CCCCCCCCCCC)CCCC(=O)O. The molecule has 0 saturated heterocycles. The lowest BCUT2D eigenvalue weighted by molar-refractivity contribution is -0.150. The van der Waals surface area contributed by atoms with Crippen LogP contribution in [0.3, 0.4) is 0 Å². The fourth-order valence-corrected chi connectivity index (χ4v) is 4.75. The number of carboxylic acids is 1. The van der Waals surface area contributed by atoms with Crippen molar-refractivity contribution in [1.82, 2.24) is 0 Å². The van der Waals surface area contributed by atoms with E-state index >= 15 is 0 Å². The molecular formula is C38H64O4. The normalized spacial score (nSPS) is 13.0. The number of rotatable bonds is 30. The maximum absolute atomic E-state index is 12.4. The molecule has 4 nitrogen and oxygen atoms in total. The number of ether oxygens (including phenoxy) is 1. The van der Waals surface area contributed by atoms with Crippen LogP contribution in [0.1, 0.15) is 162 Å². The van der Waals surface area contributed by atoms with Crippen LogP contribution in [0, 0.1) is 0 Å². The quantitative estimate of drug-likeness (QED) is 0.0518. The Bertz CT molecular complexity index is 759. The third-order valence-electron chi connectivity index (χ3n) is 7.25. The topological polar surface area (TPSA) is 63.6 Å². The molecule has 0 spiro atoms. The highest BCUT2D eigenvalue weighted by Crippen LogP contribution is 2.17. The van der Waals surface area contributed by atoms with Crippen LogP contribution in [0.15, 0.2) is 60.8 Å². The van der Waals surface area contributed by atoms with Crippen LogP contribution in [-0.4, -0.2) is 23.1 Å². The molecule has 0 fully saturated rings. The Hall–Kier alpha value is -2.36. The van der Waals surface area contributed by atoms with E-state index in [1.165, 1.54) is 44.9 Å². The third kappa shape index (κ3) is 32.2. The first-order chi connectivity index (χ1) is 20.6. The highest BCUT2D eigenvalue weighted by Gasteiger charge is 2.15. The molecule has 1 unspecified atom stereocenters. The predicted octanol–water partition coefficient (Wildman–Crippen LogP) is 11.8. The number of carbonyl (C=O) groups is 2. The Morgan fingerprint density at radius 2 is 1.02 bits per heavy atom. The number of esters is 1. The summed E-state index contributed by atoms with van der Waals surface area (Å²) in [7, 11) is 0. The van der Waals surface area contributed by atoms with Crippen molar-refractivity contribution in [2.45, 2.75) is 168 Å². The van der Waals surface area contributed by atoms with Gasteiger partial charge in [-0.3, -0.25) is 9.59 Å². The average molecular weight is 585 g/mol. The molecule has 0 aromatic carbocycles. The third-order valence-corrected chi connectivity index (χ3v) is 7.25. The Balaban J connectivity index is 3.93. The van der Waals surface area contributed by atoms with Crippen LogP contribution < -0.4 is 0 Å². The van der Waals surface area contributed by atoms with Crippen LogP contribution in [0.5, 0.6) is 0 Å². The highest BCUT2D eigenvalue weighted by atomic mass is 16.5. The van der Waals surface area contributed by atoms with Gasteiger partial charge in [-0.25, -0.2) is 0 Å². The van der Waals surface area contributed by atoms with Crippen molar-refractivity contribution in [3.63, 3.8) is 0 Å². The van der Waals surface area contributed by atoms with Gasteiger partial charge in [0.15, 0.2) is 0 Å². The molecule has 0 aromatic rings. The first-order valence-corrected chi connectivity index (χ1v) is 17.3. The van der Waals surface area contributed by atoms with Gasteiger partial charge in [0.1, 0.15) is 6.10 Å². The summed E-state index contributed by atoms with van der Waals surface area (Å²) in [5.41, 5.74) is 0. The van der Waals surface area contributed by atoms with Gasteiger partial charge < -0.3 is 9.84 Å². The fraction of sp³-hybridized carbons (Fsp3) is 0.684. The van der Waals surface area contributed by atoms with Crippen molar-refractivity contribution in [2.75, 3.05) is 0 Å². The largest absolute Gasteiger partial charge is 0.481 e. The monoisotopic (exact) mass is 584 g/mol. The lowest BCUT2D eigenvalue weighted by Crippen LogP contribution is -2.18. The van der Waals surface area contributed by atoms with Crippen LogP contribution in [-0.2, 0) is 14.3 Å². The molecule has 0 aromatic heterocycles. The van der Waals surface area contributed by atoms with E-state index in [0.717, 1.165) is 77.0 Å². The Morgan fingerprint density at radius 1 is 0.548 bits per heavy atom. The van der Waals surface area contributed by atoms with Gasteiger partial charge in [-0.15, -0.1) is 0 Å². The molecule has 0 heterocycles. The van der Waals surface area contributed by atoms with E-state index in [0.29, 0.717) is 19.3 Å². The maximum Gasteiger partial charge on any atom is 0.306 e. The molecule has 42 heavy (non-hydrogen) atoms. The lowest BCUT2D eigenvalue weighted by atomic mass is 10.0. The van der Waals surface area contributed by atoms with Gasteiger partial charge in [0.2, 0.25) is 0 Å². The van der Waals surface area contributed by atoms with Gasteiger partial charge >= 0.3 is 11.9 Å². The maximum atomic E-state index is 12.4. The summed E-state index contributed by atoms with van der Waals surface area (Å²) in [6.45, 7) is 4.40. The number of unbranched alkanes of at least 4 members (excludes halogenated alkanes) is 11. The fourth-order valence-electron chi connectivity index (χ4n) is 4.75. The number of hydrogen-bond donors (Lipinski definition) is 1. The molecular weight excluding hydrogens is 520 g/mol. The Kier molecular flexibility index (Phi) is 31.3. The zero-order chi connectivity index (χ0) is 30.8.